The molecule has 2 heterocycles. The molecule has 1 amide bonds. The van der Waals surface area contributed by atoms with Gasteiger partial charge in [-0.05, 0) is 12.1 Å². The molecule has 0 unspecified atom stereocenters. The third-order valence-electron chi connectivity index (χ3n) is 2.28. The summed E-state index contributed by atoms with van der Waals surface area (Å²) >= 11 is 5.74. The molecule has 0 aromatic carbocycles. The first kappa shape index (κ1) is 12.3. The Morgan fingerprint density at radius 3 is 2.89 bits per heavy atom. The fourth-order valence-corrected chi connectivity index (χ4v) is 1.67. The molecule has 0 atom stereocenters. The van der Waals surface area contributed by atoms with Crippen LogP contribution in [0.2, 0.25) is 5.15 Å². The number of hydrogen-bond donors (Lipinski definition) is 1. The molecule has 0 aliphatic rings. The number of carbonyl (C=O) groups is 1. The Morgan fingerprint density at radius 2 is 2.33 bits per heavy atom. The molecular formula is C10H8ClFN4O2. The number of pyridine rings is 1. The van der Waals surface area contributed by atoms with Crippen LogP contribution in [0.4, 0.5) is 14.9 Å². The fourth-order valence-electron chi connectivity index (χ4n) is 1.39. The van der Waals surface area contributed by atoms with Crippen molar-refractivity contribution in [2.45, 2.75) is 0 Å². The molecular weight excluding hydrogens is 263 g/mol. The summed E-state index contributed by atoms with van der Waals surface area (Å²) < 4.78 is 15.0. The Hall–Kier alpha value is -2.15. The zero-order chi connectivity index (χ0) is 13.3. The SMILES string of the molecule is CN(C(=O)O)c1c(Cl)nn(-c2cccnc2)c1F. The number of aromatic nitrogens is 3. The molecule has 1 N–H and O–H groups in total. The smallest absolute Gasteiger partial charge is 0.411 e. The highest BCUT2D eigenvalue weighted by Gasteiger charge is 2.24. The van der Waals surface area contributed by atoms with Gasteiger partial charge in [-0.1, -0.05) is 11.6 Å². The van der Waals surface area contributed by atoms with Crippen molar-refractivity contribution in [2.24, 2.45) is 0 Å². The van der Waals surface area contributed by atoms with Crippen molar-refractivity contribution < 1.29 is 14.3 Å². The zero-order valence-electron chi connectivity index (χ0n) is 9.21. The average Bonchev–Trinajstić information content (AvgIpc) is 2.65. The number of carboxylic acid groups (broad SMARTS) is 1. The second-order valence-corrected chi connectivity index (χ2v) is 3.75. The van der Waals surface area contributed by atoms with E-state index in [-0.39, 0.29) is 10.8 Å². The van der Waals surface area contributed by atoms with Gasteiger partial charge in [0, 0.05) is 13.2 Å². The molecule has 0 saturated carbocycles. The molecule has 2 rings (SSSR count). The van der Waals surface area contributed by atoms with Gasteiger partial charge in [-0.3, -0.25) is 9.88 Å². The molecule has 0 aliphatic carbocycles. The highest BCUT2D eigenvalue weighted by atomic mass is 35.5. The summed E-state index contributed by atoms with van der Waals surface area (Å²) in [6, 6.07) is 3.18. The average molecular weight is 271 g/mol. The molecule has 0 spiro atoms. The van der Waals surface area contributed by atoms with E-state index in [0.717, 1.165) is 4.68 Å². The lowest BCUT2D eigenvalue weighted by molar-refractivity contribution is 0.203. The van der Waals surface area contributed by atoms with Crippen molar-refractivity contribution in [1.82, 2.24) is 14.8 Å². The first-order valence-corrected chi connectivity index (χ1v) is 5.21. The van der Waals surface area contributed by atoms with E-state index in [0.29, 0.717) is 10.6 Å². The van der Waals surface area contributed by atoms with E-state index in [9.17, 15) is 9.18 Å². The Balaban J connectivity index is 2.54. The van der Waals surface area contributed by atoms with Crippen molar-refractivity contribution in [1.29, 1.82) is 0 Å². The van der Waals surface area contributed by atoms with Gasteiger partial charge in [0.15, 0.2) is 5.15 Å². The fraction of sp³-hybridized carbons (Fsp3) is 0.100. The van der Waals surface area contributed by atoms with Crippen LogP contribution in [0.5, 0.6) is 0 Å². The number of halogens is 2. The van der Waals surface area contributed by atoms with Crippen molar-refractivity contribution in [3.05, 3.63) is 35.6 Å². The number of amides is 1. The Labute approximate surface area is 106 Å². The molecule has 18 heavy (non-hydrogen) atoms. The van der Waals surface area contributed by atoms with E-state index in [2.05, 4.69) is 10.1 Å². The van der Waals surface area contributed by atoms with Gasteiger partial charge in [0.05, 0.1) is 11.9 Å². The van der Waals surface area contributed by atoms with Gasteiger partial charge in [0.1, 0.15) is 5.69 Å². The van der Waals surface area contributed by atoms with Gasteiger partial charge < -0.3 is 5.11 Å². The van der Waals surface area contributed by atoms with E-state index in [4.69, 9.17) is 16.7 Å². The van der Waals surface area contributed by atoms with Crippen LogP contribution >= 0.6 is 11.6 Å². The summed E-state index contributed by atoms with van der Waals surface area (Å²) in [6.45, 7) is 0. The highest BCUT2D eigenvalue weighted by molar-refractivity contribution is 6.32. The second-order valence-electron chi connectivity index (χ2n) is 3.39. The van der Waals surface area contributed by atoms with E-state index >= 15 is 0 Å². The summed E-state index contributed by atoms with van der Waals surface area (Å²) in [4.78, 5) is 15.3. The van der Waals surface area contributed by atoms with Gasteiger partial charge in [0.25, 0.3) is 0 Å². The lowest BCUT2D eigenvalue weighted by Crippen LogP contribution is -2.24. The van der Waals surface area contributed by atoms with Crippen LogP contribution in [0.1, 0.15) is 0 Å². The lowest BCUT2D eigenvalue weighted by Gasteiger charge is -2.10. The first-order chi connectivity index (χ1) is 8.52. The van der Waals surface area contributed by atoms with Crippen molar-refractivity contribution in [3.63, 3.8) is 0 Å². The number of rotatable bonds is 2. The van der Waals surface area contributed by atoms with E-state index in [1.807, 2.05) is 0 Å². The molecule has 94 valence electrons. The van der Waals surface area contributed by atoms with Gasteiger partial charge >= 0.3 is 6.09 Å². The van der Waals surface area contributed by atoms with Crippen LogP contribution in [0.3, 0.4) is 0 Å². The monoisotopic (exact) mass is 270 g/mol. The van der Waals surface area contributed by atoms with E-state index < -0.39 is 12.0 Å². The first-order valence-electron chi connectivity index (χ1n) is 4.83. The van der Waals surface area contributed by atoms with E-state index in [1.54, 1.807) is 12.1 Å². The third-order valence-corrected chi connectivity index (χ3v) is 2.53. The van der Waals surface area contributed by atoms with Crippen molar-refractivity contribution >= 4 is 23.4 Å². The maximum absolute atomic E-state index is 14.1. The molecule has 0 saturated heterocycles. The summed E-state index contributed by atoms with van der Waals surface area (Å²) in [5.41, 5.74) is 0.0509. The molecule has 2 aromatic rings. The zero-order valence-corrected chi connectivity index (χ0v) is 9.97. The van der Waals surface area contributed by atoms with Crippen LogP contribution < -0.4 is 4.90 Å². The molecule has 0 bridgehead atoms. The second kappa shape index (κ2) is 4.61. The summed E-state index contributed by atoms with van der Waals surface area (Å²) in [6.07, 6.45) is 1.58. The van der Waals surface area contributed by atoms with Gasteiger partial charge in [0.2, 0.25) is 5.95 Å². The quantitative estimate of drug-likeness (QED) is 0.908. The summed E-state index contributed by atoms with van der Waals surface area (Å²) in [5, 5.41) is 12.3. The molecule has 0 fully saturated rings. The predicted octanol–water partition coefficient (Wildman–Crippen LogP) is 2.17. The van der Waals surface area contributed by atoms with Gasteiger partial charge in [-0.15, -0.1) is 0 Å². The lowest BCUT2D eigenvalue weighted by atomic mass is 10.4. The standard InChI is InChI=1S/C10H8ClFN4O2/c1-15(10(17)18)7-8(11)14-16(9(7)12)6-3-2-4-13-5-6/h2-5H,1H3,(H,17,18). The summed E-state index contributed by atoms with van der Waals surface area (Å²) in [5.74, 6) is -0.863. The topological polar surface area (TPSA) is 71.2 Å². The minimum atomic E-state index is -1.33. The highest BCUT2D eigenvalue weighted by Crippen LogP contribution is 2.29. The molecule has 0 radical (unpaired) electrons. The molecule has 8 heteroatoms. The molecule has 6 nitrogen and oxygen atoms in total. The predicted molar refractivity (Wildman–Crippen MR) is 62.8 cm³/mol. The number of anilines is 1. The van der Waals surface area contributed by atoms with Gasteiger partial charge in [-0.25, -0.2) is 9.48 Å². The third kappa shape index (κ3) is 2.00. The maximum Gasteiger partial charge on any atom is 0.411 e. The van der Waals surface area contributed by atoms with Gasteiger partial charge in [-0.2, -0.15) is 9.49 Å². The van der Waals surface area contributed by atoms with E-state index in [1.165, 1.54) is 19.4 Å². The largest absolute Gasteiger partial charge is 0.465 e. The normalized spacial score (nSPS) is 10.4. The Kier molecular flexibility index (Phi) is 3.15. The minimum absolute atomic E-state index is 0.235. The number of hydrogen-bond acceptors (Lipinski definition) is 3. The van der Waals surface area contributed by atoms with Crippen LogP contribution in [0.25, 0.3) is 5.69 Å². The van der Waals surface area contributed by atoms with Crippen molar-refractivity contribution in [2.75, 3.05) is 11.9 Å². The Morgan fingerprint density at radius 1 is 1.61 bits per heavy atom. The molecule has 0 aliphatic heterocycles. The summed E-state index contributed by atoms with van der Waals surface area (Å²) in [7, 11) is 1.18. The number of nitrogens with zero attached hydrogens (tertiary/aromatic N) is 4. The maximum atomic E-state index is 14.1. The van der Waals surface area contributed by atoms with Crippen LogP contribution in [-0.4, -0.2) is 33.0 Å². The van der Waals surface area contributed by atoms with Crippen molar-refractivity contribution in [3.8, 4) is 5.69 Å². The minimum Gasteiger partial charge on any atom is -0.465 e. The molecule has 2 aromatic heterocycles. The Bertz CT molecular complexity index is 587. The van der Waals surface area contributed by atoms with Crippen LogP contribution in [0, 0.1) is 5.95 Å². The van der Waals surface area contributed by atoms with Crippen LogP contribution in [-0.2, 0) is 0 Å². The van der Waals surface area contributed by atoms with Crippen LogP contribution in [0.15, 0.2) is 24.5 Å².